The molecule has 1 aromatic heterocycles. The quantitative estimate of drug-likeness (QED) is 0.757. The molecular weight excluding hydrogens is 274 g/mol. The van der Waals surface area contributed by atoms with Gasteiger partial charge in [-0.1, -0.05) is 6.92 Å². The Bertz CT molecular complexity index is 542. The maximum absolute atomic E-state index is 12.4. The van der Waals surface area contributed by atoms with Gasteiger partial charge in [0.2, 0.25) is 0 Å². The van der Waals surface area contributed by atoms with Crippen LogP contribution in [0.2, 0.25) is 0 Å². The van der Waals surface area contributed by atoms with E-state index in [0.717, 1.165) is 4.31 Å². The number of sulfonamides is 1. The van der Waals surface area contributed by atoms with Crippen molar-refractivity contribution >= 4 is 16.0 Å². The van der Waals surface area contributed by atoms with Crippen LogP contribution in [0.4, 0.5) is 0 Å². The van der Waals surface area contributed by atoms with Gasteiger partial charge in [-0.2, -0.15) is 9.40 Å². The summed E-state index contributed by atoms with van der Waals surface area (Å²) in [4.78, 5) is 11.1. The van der Waals surface area contributed by atoms with Crippen LogP contribution in [-0.4, -0.2) is 59.8 Å². The van der Waals surface area contributed by atoms with Crippen LogP contribution >= 0.6 is 0 Å². The van der Waals surface area contributed by atoms with E-state index in [9.17, 15) is 13.2 Å². The first kappa shape index (κ1) is 14.0. The SMILES string of the molecule is CCN(C1COCC1C(=O)O)S(=O)(=O)c1ccn[nH]1. The number of aliphatic carboxylic acids is 1. The fraction of sp³-hybridized carbons (Fsp3) is 0.600. The third kappa shape index (κ3) is 2.48. The number of nitrogens with one attached hydrogen (secondary N) is 1. The molecular formula is C10H15N3O5S. The summed E-state index contributed by atoms with van der Waals surface area (Å²) in [6.07, 6.45) is 1.33. The van der Waals surface area contributed by atoms with E-state index < -0.39 is 28.0 Å². The maximum atomic E-state index is 12.4. The molecule has 1 saturated heterocycles. The van der Waals surface area contributed by atoms with Gasteiger partial charge in [-0.25, -0.2) is 8.42 Å². The number of carbonyl (C=O) groups is 1. The van der Waals surface area contributed by atoms with Crippen molar-refractivity contribution in [3.63, 3.8) is 0 Å². The number of ether oxygens (including phenoxy) is 1. The summed E-state index contributed by atoms with van der Waals surface area (Å²) < 4.78 is 31.0. The van der Waals surface area contributed by atoms with Crippen LogP contribution in [0, 0.1) is 5.92 Å². The number of hydrogen-bond donors (Lipinski definition) is 2. The Kier molecular flexibility index (Phi) is 3.88. The van der Waals surface area contributed by atoms with Crippen LogP contribution in [0.25, 0.3) is 0 Å². The molecule has 2 heterocycles. The van der Waals surface area contributed by atoms with Crippen LogP contribution in [0.3, 0.4) is 0 Å². The third-order valence-electron chi connectivity index (χ3n) is 3.11. The molecule has 1 fully saturated rings. The van der Waals surface area contributed by atoms with E-state index in [0.29, 0.717) is 0 Å². The molecule has 9 heteroatoms. The molecule has 0 aliphatic carbocycles. The second-order valence-electron chi connectivity index (χ2n) is 4.18. The molecule has 2 rings (SSSR count). The lowest BCUT2D eigenvalue weighted by atomic mass is 10.0. The van der Waals surface area contributed by atoms with E-state index in [1.807, 2.05) is 0 Å². The zero-order valence-corrected chi connectivity index (χ0v) is 11.1. The molecule has 0 spiro atoms. The average Bonchev–Trinajstić information content (AvgIpc) is 3.00. The van der Waals surface area contributed by atoms with E-state index in [1.54, 1.807) is 6.92 Å². The summed E-state index contributed by atoms with van der Waals surface area (Å²) in [6.45, 7) is 1.93. The molecule has 0 radical (unpaired) electrons. The van der Waals surface area contributed by atoms with Gasteiger partial charge < -0.3 is 9.84 Å². The van der Waals surface area contributed by atoms with E-state index >= 15 is 0 Å². The first-order chi connectivity index (χ1) is 8.98. The van der Waals surface area contributed by atoms with Crippen molar-refractivity contribution in [2.45, 2.75) is 18.0 Å². The molecule has 8 nitrogen and oxygen atoms in total. The van der Waals surface area contributed by atoms with E-state index in [-0.39, 0.29) is 24.8 Å². The third-order valence-corrected chi connectivity index (χ3v) is 5.04. The molecule has 0 aromatic carbocycles. The van der Waals surface area contributed by atoms with Crippen LogP contribution < -0.4 is 0 Å². The van der Waals surface area contributed by atoms with Gasteiger partial charge in [0, 0.05) is 6.54 Å². The van der Waals surface area contributed by atoms with Gasteiger partial charge in [0.1, 0.15) is 0 Å². The second-order valence-corrected chi connectivity index (χ2v) is 6.04. The second kappa shape index (κ2) is 5.27. The summed E-state index contributed by atoms with van der Waals surface area (Å²) in [5.41, 5.74) is 0. The minimum Gasteiger partial charge on any atom is -0.481 e. The molecule has 1 aromatic rings. The highest BCUT2D eigenvalue weighted by molar-refractivity contribution is 7.89. The monoisotopic (exact) mass is 289 g/mol. The molecule has 106 valence electrons. The lowest BCUT2D eigenvalue weighted by molar-refractivity contribution is -0.142. The normalized spacial score (nSPS) is 23.9. The topological polar surface area (TPSA) is 113 Å². The van der Waals surface area contributed by atoms with Crippen molar-refractivity contribution < 1.29 is 23.1 Å². The Morgan fingerprint density at radius 2 is 2.37 bits per heavy atom. The minimum absolute atomic E-state index is 0.0228. The Morgan fingerprint density at radius 1 is 1.63 bits per heavy atom. The molecule has 19 heavy (non-hydrogen) atoms. The number of aromatic amines is 1. The molecule has 2 N–H and O–H groups in total. The van der Waals surface area contributed by atoms with Gasteiger partial charge in [0.15, 0.2) is 5.03 Å². The van der Waals surface area contributed by atoms with Gasteiger partial charge in [-0.15, -0.1) is 0 Å². The zero-order valence-electron chi connectivity index (χ0n) is 10.3. The first-order valence-corrected chi connectivity index (χ1v) is 7.24. The predicted molar refractivity (Wildman–Crippen MR) is 63.9 cm³/mol. The molecule has 1 aliphatic rings. The highest BCUT2D eigenvalue weighted by Gasteiger charge is 2.42. The first-order valence-electron chi connectivity index (χ1n) is 5.80. The Balaban J connectivity index is 2.32. The minimum atomic E-state index is -3.79. The smallest absolute Gasteiger partial charge is 0.310 e. The maximum Gasteiger partial charge on any atom is 0.310 e. The molecule has 0 bridgehead atoms. The van der Waals surface area contributed by atoms with Crippen molar-refractivity contribution in [2.75, 3.05) is 19.8 Å². The van der Waals surface area contributed by atoms with Gasteiger partial charge in [0.25, 0.3) is 10.0 Å². The standard InChI is InChI=1S/C10H15N3O5S/c1-2-13(8-6-18-5-7(8)10(14)15)19(16,17)9-3-4-11-12-9/h3-4,7-8H,2,5-6H2,1H3,(H,11,12)(H,14,15). The number of carboxylic acid groups (broad SMARTS) is 1. The predicted octanol–water partition coefficient (Wildman–Crippen LogP) is -0.480. The summed E-state index contributed by atoms with van der Waals surface area (Å²) in [5, 5.41) is 15.1. The summed E-state index contributed by atoms with van der Waals surface area (Å²) in [7, 11) is -3.79. The van der Waals surface area contributed by atoms with E-state index in [4.69, 9.17) is 9.84 Å². The van der Waals surface area contributed by atoms with Gasteiger partial charge >= 0.3 is 5.97 Å². The van der Waals surface area contributed by atoms with Crippen molar-refractivity contribution in [3.8, 4) is 0 Å². The lowest BCUT2D eigenvalue weighted by Gasteiger charge is -2.27. The molecule has 0 saturated carbocycles. The van der Waals surface area contributed by atoms with Crippen LogP contribution in [0.1, 0.15) is 6.92 Å². The van der Waals surface area contributed by atoms with Crippen molar-refractivity contribution in [2.24, 2.45) is 5.92 Å². The van der Waals surface area contributed by atoms with Gasteiger partial charge in [0.05, 0.1) is 31.4 Å². The van der Waals surface area contributed by atoms with Crippen molar-refractivity contribution in [1.82, 2.24) is 14.5 Å². The molecule has 2 unspecified atom stereocenters. The number of H-pyrrole nitrogens is 1. The fourth-order valence-corrected chi connectivity index (χ4v) is 3.72. The van der Waals surface area contributed by atoms with Gasteiger partial charge in [-0.05, 0) is 6.07 Å². The van der Waals surface area contributed by atoms with Crippen molar-refractivity contribution in [3.05, 3.63) is 12.3 Å². The van der Waals surface area contributed by atoms with Crippen LogP contribution in [0.15, 0.2) is 17.3 Å². The molecule has 1 aliphatic heterocycles. The highest BCUT2D eigenvalue weighted by Crippen LogP contribution is 2.25. The zero-order chi connectivity index (χ0) is 14.0. The van der Waals surface area contributed by atoms with E-state index in [1.165, 1.54) is 12.3 Å². The lowest BCUT2D eigenvalue weighted by Crippen LogP contribution is -2.46. The van der Waals surface area contributed by atoms with Gasteiger partial charge in [-0.3, -0.25) is 9.89 Å². The van der Waals surface area contributed by atoms with E-state index in [2.05, 4.69) is 10.2 Å². The average molecular weight is 289 g/mol. The summed E-state index contributed by atoms with van der Waals surface area (Å²) >= 11 is 0. The highest BCUT2D eigenvalue weighted by atomic mass is 32.2. The Hall–Kier alpha value is -1.45. The molecule has 2 atom stereocenters. The number of rotatable bonds is 5. The van der Waals surface area contributed by atoms with Crippen LogP contribution in [0.5, 0.6) is 0 Å². The number of likely N-dealkylation sites (N-methyl/N-ethyl adjacent to an activating group) is 1. The number of hydrogen-bond acceptors (Lipinski definition) is 5. The number of carboxylic acids is 1. The summed E-state index contributed by atoms with van der Waals surface area (Å²) in [6, 6.07) is 0.639. The van der Waals surface area contributed by atoms with Crippen LogP contribution in [-0.2, 0) is 19.6 Å². The van der Waals surface area contributed by atoms with Crippen molar-refractivity contribution in [1.29, 1.82) is 0 Å². The fourth-order valence-electron chi connectivity index (χ4n) is 2.16. The Labute approximate surface area is 110 Å². The summed E-state index contributed by atoms with van der Waals surface area (Å²) in [5.74, 6) is -1.90. The number of aromatic nitrogens is 2. The largest absolute Gasteiger partial charge is 0.481 e. The molecule has 0 amide bonds. The Morgan fingerprint density at radius 3 is 2.89 bits per heavy atom. The number of nitrogens with zero attached hydrogens (tertiary/aromatic N) is 2.